The Labute approximate surface area is 163 Å². The highest BCUT2D eigenvalue weighted by molar-refractivity contribution is 5.70. The number of nitrogens with one attached hydrogen (secondary N) is 2. The Kier molecular flexibility index (Phi) is 5.78. The molecule has 0 bridgehead atoms. The molecule has 2 heterocycles. The molecule has 0 aliphatic rings. The predicted molar refractivity (Wildman–Crippen MR) is 110 cm³/mol. The lowest BCUT2D eigenvalue weighted by molar-refractivity contribution is -0.385. The van der Waals surface area contributed by atoms with Gasteiger partial charge in [-0.3, -0.25) is 15.1 Å². The van der Waals surface area contributed by atoms with Crippen molar-refractivity contribution in [3.63, 3.8) is 0 Å². The van der Waals surface area contributed by atoms with Gasteiger partial charge in [-0.2, -0.15) is 4.98 Å². The van der Waals surface area contributed by atoms with Gasteiger partial charge in [-0.15, -0.1) is 0 Å². The molecule has 8 nitrogen and oxygen atoms in total. The van der Waals surface area contributed by atoms with Crippen molar-refractivity contribution in [1.82, 2.24) is 15.0 Å². The quantitative estimate of drug-likeness (QED) is 0.453. The molecule has 3 rings (SSSR count). The minimum absolute atomic E-state index is 0.0615. The first-order valence-electron chi connectivity index (χ1n) is 9.05. The van der Waals surface area contributed by atoms with E-state index in [0.29, 0.717) is 23.0 Å². The van der Waals surface area contributed by atoms with Gasteiger partial charge in [0.1, 0.15) is 5.82 Å². The number of nitro benzene ring substituents is 1. The average Bonchev–Trinajstić information content (AvgIpc) is 2.69. The van der Waals surface area contributed by atoms with Crippen molar-refractivity contribution in [1.29, 1.82) is 0 Å². The van der Waals surface area contributed by atoms with Crippen molar-refractivity contribution in [3.8, 4) is 11.3 Å². The van der Waals surface area contributed by atoms with Crippen molar-refractivity contribution in [3.05, 3.63) is 64.5 Å². The Hall–Kier alpha value is -3.55. The average molecular weight is 378 g/mol. The van der Waals surface area contributed by atoms with Crippen LogP contribution in [0.5, 0.6) is 0 Å². The smallest absolute Gasteiger partial charge is 0.274 e. The molecule has 2 aromatic heterocycles. The van der Waals surface area contributed by atoms with Crippen LogP contribution in [0.25, 0.3) is 11.3 Å². The minimum Gasteiger partial charge on any atom is -0.352 e. The van der Waals surface area contributed by atoms with Crippen LogP contribution in [0.15, 0.2) is 48.8 Å². The SMILES string of the molecule is CC[C@H](C)Nc1nc(Nc2cccc([N+](=O)[O-])c2C)cc(-c2ccncc2)n1. The molecule has 3 aromatic rings. The second kappa shape index (κ2) is 8.43. The summed E-state index contributed by atoms with van der Waals surface area (Å²) in [5, 5.41) is 17.7. The molecule has 144 valence electrons. The van der Waals surface area contributed by atoms with Crippen molar-refractivity contribution in [2.24, 2.45) is 0 Å². The Morgan fingerprint density at radius 3 is 2.61 bits per heavy atom. The highest BCUT2D eigenvalue weighted by atomic mass is 16.6. The third kappa shape index (κ3) is 4.40. The molecule has 0 fully saturated rings. The van der Waals surface area contributed by atoms with E-state index in [0.717, 1.165) is 17.7 Å². The van der Waals surface area contributed by atoms with Gasteiger partial charge in [0.15, 0.2) is 0 Å². The first-order valence-corrected chi connectivity index (χ1v) is 9.05. The van der Waals surface area contributed by atoms with Crippen LogP contribution in [0.3, 0.4) is 0 Å². The fourth-order valence-corrected chi connectivity index (χ4v) is 2.66. The molecule has 0 radical (unpaired) electrons. The minimum atomic E-state index is -0.390. The molecular formula is C20H22N6O2. The van der Waals surface area contributed by atoms with Crippen LogP contribution in [0.1, 0.15) is 25.8 Å². The second-order valence-corrected chi connectivity index (χ2v) is 6.48. The number of pyridine rings is 1. The largest absolute Gasteiger partial charge is 0.352 e. The normalized spacial score (nSPS) is 11.7. The van der Waals surface area contributed by atoms with E-state index in [1.54, 1.807) is 31.5 Å². The summed E-state index contributed by atoms with van der Waals surface area (Å²) in [4.78, 5) is 24.0. The molecule has 8 heteroatoms. The fourth-order valence-electron chi connectivity index (χ4n) is 2.66. The van der Waals surface area contributed by atoms with Crippen LogP contribution < -0.4 is 10.6 Å². The van der Waals surface area contributed by atoms with Gasteiger partial charge in [0.2, 0.25) is 5.95 Å². The number of nitro groups is 1. The fraction of sp³-hybridized carbons (Fsp3) is 0.250. The zero-order valence-electron chi connectivity index (χ0n) is 16.0. The van der Waals surface area contributed by atoms with Gasteiger partial charge in [0.25, 0.3) is 5.69 Å². The number of nitrogens with zero attached hydrogens (tertiary/aromatic N) is 4. The topological polar surface area (TPSA) is 106 Å². The zero-order valence-corrected chi connectivity index (χ0v) is 16.0. The molecule has 28 heavy (non-hydrogen) atoms. The summed E-state index contributed by atoms with van der Waals surface area (Å²) in [6, 6.07) is 10.7. The van der Waals surface area contributed by atoms with E-state index >= 15 is 0 Å². The standard InChI is InChI=1S/C20H22N6O2/c1-4-13(2)22-20-24-17(15-8-10-21-11-9-15)12-19(25-20)23-16-6-5-7-18(14(16)3)26(27)28/h5-13H,4H2,1-3H3,(H2,22,23,24,25)/t13-/m0/s1. The summed E-state index contributed by atoms with van der Waals surface area (Å²) in [6.45, 7) is 5.85. The summed E-state index contributed by atoms with van der Waals surface area (Å²) in [7, 11) is 0. The van der Waals surface area contributed by atoms with Crippen LogP contribution in [-0.2, 0) is 0 Å². The molecule has 0 saturated carbocycles. The van der Waals surface area contributed by atoms with E-state index in [1.807, 2.05) is 18.2 Å². The van der Waals surface area contributed by atoms with E-state index in [1.165, 1.54) is 6.07 Å². The third-order valence-electron chi connectivity index (χ3n) is 4.45. The molecule has 0 aliphatic carbocycles. The molecular weight excluding hydrogens is 356 g/mol. The first kappa shape index (κ1) is 19.2. The number of hydrogen-bond acceptors (Lipinski definition) is 7. The first-order chi connectivity index (χ1) is 13.5. The summed E-state index contributed by atoms with van der Waals surface area (Å²) in [5.74, 6) is 1.05. The van der Waals surface area contributed by atoms with E-state index in [4.69, 9.17) is 0 Å². The van der Waals surface area contributed by atoms with E-state index in [-0.39, 0.29) is 11.7 Å². The Balaban J connectivity index is 2.01. The highest BCUT2D eigenvalue weighted by Crippen LogP contribution is 2.29. The molecule has 1 atom stereocenters. The summed E-state index contributed by atoms with van der Waals surface area (Å²) in [5.41, 5.74) is 2.87. The summed E-state index contributed by atoms with van der Waals surface area (Å²) in [6.07, 6.45) is 4.34. The Bertz CT molecular complexity index is 978. The number of benzene rings is 1. The van der Waals surface area contributed by atoms with Gasteiger partial charge in [-0.05, 0) is 38.5 Å². The van der Waals surface area contributed by atoms with E-state index in [9.17, 15) is 10.1 Å². The molecule has 1 aromatic carbocycles. The monoisotopic (exact) mass is 378 g/mol. The summed E-state index contributed by atoms with van der Waals surface area (Å²) >= 11 is 0. The van der Waals surface area contributed by atoms with Crippen molar-refractivity contribution >= 4 is 23.1 Å². The van der Waals surface area contributed by atoms with Gasteiger partial charge in [0.05, 0.1) is 16.2 Å². The number of aromatic nitrogens is 3. The van der Waals surface area contributed by atoms with Gasteiger partial charge in [-0.25, -0.2) is 4.98 Å². The number of anilines is 3. The maximum Gasteiger partial charge on any atom is 0.274 e. The lowest BCUT2D eigenvalue weighted by atomic mass is 10.1. The predicted octanol–water partition coefficient (Wildman–Crippen LogP) is 4.71. The summed E-state index contributed by atoms with van der Waals surface area (Å²) < 4.78 is 0. The second-order valence-electron chi connectivity index (χ2n) is 6.48. The molecule has 0 spiro atoms. The Morgan fingerprint density at radius 2 is 1.93 bits per heavy atom. The van der Waals surface area contributed by atoms with E-state index < -0.39 is 4.92 Å². The molecule has 2 N–H and O–H groups in total. The molecule has 0 saturated heterocycles. The lowest BCUT2D eigenvalue weighted by Gasteiger charge is -2.15. The molecule has 0 amide bonds. The van der Waals surface area contributed by atoms with Crippen LogP contribution in [0, 0.1) is 17.0 Å². The lowest BCUT2D eigenvalue weighted by Crippen LogP contribution is -2.16. The maximum atomic E-state index is 11.2. The van der Waals surface area contributed by atoms with Gasteiger partial charge >= 0.3 is 0 Å². The van der Waals surface area contributed by atoms with Crippen molar-refractivity contribution in [2.75, 3.05) is 10.6 Å². The Morgan fingerprint density at radius 1 is 1.18 bits per heavy atom. The van der Waals surface area contributed by atoms with Crippen LogP contribution >= 0.6 is 0 Å². The van der Waals surface area contributed by atoms with Gasteiger partial charge in [-0.1, -0.05) is 13.0 Å². The van der Waals surface area contributed by atoms with E-state index in [2.05, 4.69) is 39.4 Å². The van der Waals surface area contributed by atoms with Crippen LogP contribution in [-0.4, -0.2) is 25.9 Å². The maximum absolute atomic E-state index is 11.2. The van der Waals surface area contributed by atoms with Crippen LogP contribution in [0.4, 0.5) is 23.1 Å². The molecule has 0 unspecified atom stereocenters. The van der Waals surface area contributed by atoms with Crippen molar-refractivity contribution < 1.29 is 4.92 Å². The molecule has 0 aliphatic heterocycles. The number of hydrogen-bond donors (Lipinski definition) is 2. The van der Waals surface area contributed by atoms with Gasteiger partial charge in [0, 0.05) is 41.8 Å². The number of rotatable bonds is 7. The van der Waals surface area contributed by atoms with Gasteiger partial charge < -0.3 is 10.6 Å². The zero-order chi connectivity index (χ0) is 20.1. The van der Waals surface area contributed by atoms with Crippen molar-refractivity contribution in [2.45, 2.75) is 33.2 Å². The third-order valence-corrected chi connectivity index (χ3v) is 4.45. The highest BCUT2D eigenvalue weighted by Gasteiger charge is 2.15. The van der Waals surface area contributed by atoms with Crippen LogP contribution in [0.2, 0.25) is 0 Å².